The Hall–Kier alpha value is -3.41. The van der Waals surface area contributed by atoms with Gasteiger partial charge in [-0.3, -0.25) is 4.99 Å². The van der Waals surface area contributed by atoms with Crippen LogP contribution < -0.4 is 4.74 Å². The number of ether oxygens (including phenoxy) is 1. The van der Waals surface area contributed by atoms with Crippen molar-refractivity contribution in [2.75, 3.05) is 6.61 Å². The molecule has 0 unspecified atom stereocenters. The molecule has 1 heterocycles. The second kappa shape index (κ2) is 11.4. The van der Waals surface area contributed by atoms with E-state index >= 15 is 0 Å². The van der Waals surface area contributed by atoms with Gasteiger partial charge in [-0.1, -0.05) is 26.0 Å². The van der Waals surface area contributed by atoms with E-state index in [1.807, 2.05) is 45.9 Å². The zero-order chi connectivity index (χ0) is 21.1. The van der Waals surface area contributed by atoms with Crippen molar-refractivity contribution in [2.24, 2.45) is 20.2 Å². The van der Waals surface area contributed by atoms with Gasteiger partial charge in [0.1, 0.15) is 23.6 Å². The number of hydrogen-bond donors (Lipinski definition) is 0. The van der Waals surface area contributed by atoms with Gasteiger partial charge in [-0.15, -0.1) is 5.10 Å². The molecule has 5 nitrogen and oxygen atoms in total. The molecule has 0 bridgehead atoms. The minimum absolute atomic E-state index is 0.297. The molecule has 0 fully saturated rings. The Labute approximate surface area is 171 Å². The summed E-state index contributed by atoms with van der Waals surface area (Å²) in [6.45, 7) is 8.22. The van der Waals surface area contributed by atoms with Crippen LogP contribution in [0.25, 0.3) is 11.1 Å². The third-order valence-corrected chi connectivity index (χ3v) is 3.82. The van der Waals surface area contributed by atoms with Gasteiger partial charge in [0, 0.05) is 18.0 Å². The van der Waals surface area contributed by atoms with Crippen LogP contribution in [0.1, 0.15) is 33.3 Å². The Morgan fingerprint density at radius 3 is 2.55 bits per heavy atom. The maximum atomic E-state index is 13.7. The van der Waals surface area contributed by atoms with Crippen molar-refractivity contribution in [3.05, 3.63) is 59.9 Å². The highest BCUT2D eigenvalue weighted by molar-refractivity contribution is 6.06. The normalized spacial score (nSPS) is 17.9. The van der Waals surface area contributed by atoms with Gasteiger partial charge in [0.2, 0.25) is 0 Å². The summed E-state index contributed by atoms with van der Waals surface area (Å²) in [5, 5.41) is 8.15. The summed E-state index contributed by atoms with van der Waals surface area (Å²) >= 11 is 0. The molecule has 0 aromatic heterocycles. The lowest BCUT2D eigenvalue weighted by Crippen LogP contribution is -2.00. The van der Waals surface area contributed by atoms with Crippen molar-refractivity contribution in [1.82, 2.24) is 0 Å². The molecule has 0 amide bonds. The van der Waals surface area contributed by atoms with E-state index in [1.54, 1.807) is 30.6 Å². The van der Waals surface area contributed by atoms with E-state index in [2.05, 4.69) is 20.2 Å². The van der Waals surface area contributed by atoms with E-state index in [4.69, 9.17) is 4.74 Å². The quantitative estimate of drug-likeness (QED) is 0.631. The summed E-state index contributed by atoms with van der Waals surface area (Å²) in [7, 11) is 0. The van der Waals surface area contributed by atoms with E-state index in [0.717, 1.165) is 16.7 Å². The molecule has 150 valence electrons. The standard InChI is InChI=1S/C21H19FN4O.C2H6/c1-3-27-20-13-17(16-7-6-8-18(22)11-16)12-19-15(2)26-25-14-23-9-4-5-10-24-21(19)20;1-2/h4-14H,3H2,1-2H3;1-2H3/b5-4+,9-4?,10-5?,19-15?,23-9+,23-14?,24-10?,24-21?,25-14-,26-15-,26-25?;. The molecule has 6 heteroatoms. The third kappa shape index (κ3) is 6.04. The van der Waals surface area contributed by atoms with Crippen molar-refractivity contribution < 1.29 is 9.13 Å². The first-order chi connectivity index (χ1) is 14.2. The molecule has 0 saturated carbocycles. The molecule has 1 aliphatic rings. The molecule has 2 aromatic carbocycles. The molecule has 29 heavy (non-hydrogen) atoms. The summed E-state index contributed by atoms with van der Waals surface area (Å²) in [5.41, 5.74) is 3.61. The highest BCUT2D eigenvalue weighted by atomic mass is 19.1. The molecule has 0 spiro atoms. The average Bonchev–Trinajstić information content (AvgIpc) is 2.73. The number of halogens is 1. The first-order valence-corrected chi connectivity index (χ1v) is 9.54. The van der Waals surface area contributed by atoms with Crippen LogP contribution >= 0.6 is 0 Å². The van der Waals surface area contributed by atoms with Gasteiger partial charge in [-0.25, -0.2) is 9.38 Å². The maximum Gasteiger partial charge on any atom is 0.146 e. The van der Waals surface area contributed by atoms with Crippen LogP contribution in [-0.2, 0) is 0 Å². The largest absolute Gasteiger partial charge is 0.492 e. The van der Waals surface area contributed by atoms with Gasteiger partial charge >= 0.3 is 0 Å². The van der Waals surface area contributed by atoms with Gasteiger partial charge in [0.15, 0.2) is 0 Å². The zero-order valence-corrected chi connectivity index (χ0v) is 17.1. The Balaban J connectivity index is 0.00000145. The first-order valence-electron chi connectivity index (χ1n) is 9.54. The van der Waals surface area contributed by atoms with Crippen LogP contribution in [-0.4, -0.2) is 31.1 Å². The molecule has 3 rings (SSSR count). The number of benzene rings is 2. The zero-order valence-electron chi connectivity index (χ0n) is 17.1. The monoisotopic (exact) mass is 392 g/mol. The Bertz CT molecular complexity index is 975. The minimum atomic E-state index is -0.297. The van der Waals surface area contributed by atoms with E-state index in [-0.39, 0.29) is 5.82 Å². The van der Waals surface area contributed by atoms with E-state index < -0.39 is 0 Å². The first kappa shape index (κ1) is 21.9. The fourth-order valence-electron chi connectivity index (χ4n) is 2.62. The average molecular weight is 392 g/mol. The molecule has 0 saturated heterocycles. The summed E-state index contributed by atoms with van der Waals surface area (Å²) in [4.78, 5) is 8.52. The second-order valence-electron chi connectivity index (χ2n) is 5.69. The van der Waals surface area contributed by atoms with E-state index in [1.165, 1.54) is 18.5 Å². The highest BCUT2D eigenvalue weighted by Gasteiger charge is 2.15. The molecule has 0 aliphatic carbocycles. The topological polar surface area (TPSA) is 58.7 Å². The smallest absolute Gasteiger partial charge is 0.146 e. The predicted octanol–water partition coefficient (Wildman–Crippen LogP) is 6.01. The van der Waals surface area contributed by atoms with Gasteiger partial charge < -0.3 is 4.74 Å². The second-order valence-corrected chi connectivity index (χ2v) is 5.69. The highest BCUT2D eigenvalue weighted by Crippen LogP contribution is 2.37. The molecule has 2 aromatic rings. The number of rotatable bonds is 3. The van der Waals surface area contributed by atoms with Gasteiger partial charge in [-0.05, 0) is 61.4 Å². The van der Waals surface area contributed by atoms with Crippen LogP contribution in [0.2, 0.25) is 0 Å². The number of hydrogen-bond acceptors (Lipinski definition) is 5. The number of fused-ring (bicyclic) bond motifs is 1. The molecular formula is C23H25FN4O. The molecule has 0 radical (unpaired) electrons. The Kier molecular flexibility index (Phi) is 8.63. The molecule has 0 N–H and O–H groups in total. The fraction of sp³-hybridized carbons (Fsp3) is 0.217. The SMILES string of the molecule is CC.CCOc1cc(-c2cccc(F)c2)cc2c1N=C/C=C/C=N/C=N\N=C/2C. The molecule has 0 atom stereocenters. The summed E-state index contributed by atoms with van der Waals surface area (Å²) in [6, 6.07) is 10.2. The van der Waals surface area contributed by atoms with Crippen molar-refractivity contribution in [3.8, 4) is 16.9 Å². The van der Waals surface area contributed by atoms with Crippen LogP contribution in [0.5, 0.6) is 5.75 Å². The van der Waals surface area contributed by atoms with Crippen LogP contribution in [0.4, 0.5) is 10.1 Å². The van der Waals surface area contributed by atoms with E-state index in [9.17, 15) is 4.39 Å². The van der Waals surface area contributed by atoms with E-state index in [0.29, 0.717) is 23.8 Å². The summed E-state index contributed by atoms with van der Waals surface area (Å²) in [6.07, 6.45) is 8.15. The lowest BCUT2D eigenvalue weighted by Gasteiger charge is -2.14. The van der Waals surface area contributed by atoms with Crippen molar-refractivity contribution in [2.45, 2.75) is 27.7 Å². The Morgan fingerprint density at radius 1 is 1.00 bits per heavy atom. The fourth-order valence-corrected chi connectivity index (χ4v) is 2.62. The maximum absolute atomic E-state index is 13.7. The summed E-state index contributed by atoms with van der Waals surface area (Å²) < 4.78 is 19.5. The predicted molar refractivity (Wildman–Crippen MR) is 121 cm³/mol. The minimum Gasteiger partial charge on any atom is -0.492 e. The van der Waals surface area contributed by atoms with Gasteiger partial charge in [0.25, 0.3) is 0 Å². The van der Waals surface area contributed by atoms with Gasteiger partial charge in [0.05, 0.1) is 12.3 Å². The van der Waals surface area contributed by atoms with Crippen molar-refractivity contribution in [1.29, 1.82) is 0 Å². The van der Waals surface area contributed by atoms with Crippen LogP contribution in [0.3, 0.4) is 0 Å². The third-order valence-electron chi connectivity index (χ3n) is 3.82. The van der Waals surface area contributed by atoms with Crippen LogP contribution in [0.15, 0.2) is 68.7 Å². The van der Waals surface area contributed by atoms with Crippen LogP contribution in [0, 0.1) is 5.82 Å². The van der Waals surface area contributed by atoms with Gasteiger partial charge in [-0.2, -0.15) is 5.10 Å². The molecular weight excluding hydrogens is 367 g/mol. The lowest BCUT2D eigenvalue weighted by molar-refractivity contribution is 0.341. The number of allylic oxidation sites excluding steroid dienone is 2. The molecule has 1 aliphatic heterocycles. The number of aliphatic imine (C=N–C) groups is 2. The number of nitrogens with zero attached hydrogens (tertiary/aromatic N) is 4. The Morgan fingerprint density at radius 2 is 1.79 bits per heavy atom. The van der Waals surface area contributed by atoms with Crippen molar-refractivity contribution >= 4 is 30.2 Å². The lowest BCUT2D eigenvalue weighted by atomic mass is 9.99. The summed E-state index contributed by atoms with van der Waals surface area (Å²) in [5.74, 6) is 0.303. The van der Waals surface area contributed by atoms with Crippen molar-refractivity contribution in [3.63, 3.8) is 0 Å².